The van der Waals surface area contributed by atoms with E-state index >= 15 is 0 Å². The smallest absolute Gasteiger partial charge is 0.234 e. The number of carbonyl (C=O) groups is 1. The molecule has 0 aromatic rings. The van der Waals surface area contributed by atoms with Gasteiger partial charge in [-0.05, 0) is 12.3 Å². The molecule has 56 valence electrons. The number of hydrogen-bond acceptors (Lipinski definition) is 2. The minimum atomic E-state index is -0.611. The van der Waals surface area contributed by atoms with Crippen molar-refractivity contribution in [3.63, 3.8) is 0 Å². The summed E-state index contributed by atoms with van der Waals surface area (Å²) in [4.78, 5) is 10.5. The number of nitrogens with two attached hydrogens (primary N) is 1. The predicted molar refractivity (Wildman–Crippen MR) is 37.8 cm³/mol. The second-order valence-corrected chi connectivity index (χ2v) is 2.71. The zero-order chi connectivity index (χ0) is 8.15. The highest BCUT2D eigenvalue weighted by Crippen LogP contribution is 2.09. The average molecular weight is 140 g/mol. The van der Waals surface area contributed by atoms with E-state index < -0.39 is 11.8 Å². The highest BCUT2D eigenvalue weighted by atomic mass is 16.1. The van der Waals surface area contributed by atoms with Crippen LogP contribution >= 0.6 is 0 Å². The number of primary amides is 1. The lowest BCUT2D eigenvalue weighted by Gasteiger charge is -2.06. The molecule has 10 heavy (non-hydrogen) atoms. The molecule has 0 rings (SSSR count). The zero-order valence-corrected chi connectivity index (χ0v) is 6.29. The molecule has 0 bridgehead atoms. The topological polar surface area (TPSA) is 66.9 Å². The summed E-state index contributed by atoms with van der Waals surface area (Å²) >= 11 is 0. The van der Waals surface area contributed by atoms with E-state index in [1.54, 1.807) is 0 Å². The minimum Gasteiger partial charge on any atom is -0.369 e. The SMILES string of the molecule is CC(C)C[C@@H](C#N)C(N)=O. The second-order valence-electron chi connectivity index (χ2n) is 2.71. The van der Waals surface area contributed by atoms with Gasteiger partial charge in [-0.25, -0.2) is 0 Å². The van der Waals surface area contributed by atoms with Crippen molar-refractivity contribution in [2.24, 2.45) is 17.6 Å². The quantitative estimate of drug-likeness (QED) is 0.625. The third kappa shape index (κ3) is 3.08. The monoisotopic (exact) mass is 140 g/mol. The van der Waals surface area contributed by atoms with E-state index in [-0.39, 0.29) is 0 Å². The first-order chi connectivity index (χ1) is 4.57. The molecule has 0 heterocycles. The first-order valence-corrected chi connectivity index (χ1v) is 3.26. The summed E-state index contributed by atoms with van der Waals surface area (Å²) < 4.78 is 0. The van der Waals surface area contributed by atoms with Gasteiger partial charge in [-0.15, -0.1) is 0 Å². The van der Waals surface area contributed by atoms with Gasteiger partial charge in [0.25, 0.3) is 0 Å². The molecule has 3 nitrogen and oxygen atoms in total. The van der Waals surface area contributed by atoms with Crippen molar-refractivity contribution >= 4 is 5.91 Å². The van der Waals surface area contributed by atoms with E-state index in [9.17, 15) is 4.79 Å². The molecule has 0 saturated carbocycles. The van der Waals surface area contributed by atoms with Gasteiger partial charge in [0, 0.05) is 0 Å². The fourth-order valence-corrected chi connectivity index (χ4v) is 0.704. The standard InChI is InChI=1S/C7H12N2O/c1-5(2)3-6(4-8)7(9)10/h5-6H,3H2,1-2H3,(H2,9,10)/t6-/m0/s1. The van der Waals surface area contributed by atoms with Crippen molar-refractivity contribution in [3.05, 3.63) is 0 Å². The maximum absolute atomic E-state index is 10.5. The highest BCUT2D eigenvalue weighted by molar-refractivity contribution is 5.79. The maximum atomic E-state index is 10.5. The Morgan fingerprint density at radius 2 is 2.20 bits per heavy atom. The van der Waals surface area contributed by atoms with Gasteiger partial charge < -0.3 is 5.73 Å². The Balaban J connectivity index is 3.88. The van der Waals surface area contributed by atoms with Crippen LogP contribution in [0.5, 0.6) is 0 Å². The van der Waals surface area contributed by atoms with Gasteiger partial charge in [-0.1, -0.05) is 13.8 Å². The number of rotatable bonds is 3. The molecule has 0 aliphatic rings. The summed E-state index contributed by atoms with van der Waals surface area (Å²) in [6.45, 7) is 3.90. The summed E-state index contributed by atoms with van der Waals surface area (Å²) in [5.41, 5.74) is 4.93. The van der Waals surface area contributed by atoms with E-state index in [0.29, 0.717) is 12.3 Å². The molecule has 0 unspecified atom stereocenters. The Hall–Kier alpha value is -1.04. The van der Waals surface area contributed by atoms with Crippen LogP contribution in [0.4, 0.5) is 0 Å². The molecule has 0 radical (unpaired) electrons. The molecule has 0 aromatic heterocycles. The van der Waals surface area contributed by atoms with Gasteiger partial charge in [0.05, 0.1) is 6.07 Å². The number of amides is 1. The second kappa shape index (κ2) is 3.89. The zero-order valence-electron chi connectivity index (χ0n) is 6.29. The van der Waals surface area contributed by atoms with E-state index in [4.69, 9.17) is 11.0 Å². The molecule has 3 heteroatoms. The first kappa shape index (κ1) is 8.96. The van der Waals surface area contributed by atoms with Crippen molar-refractivity contribution in [1.82, 2.24) is 0 Å². The van der Waals surface area contributed by atoms with Gasteiger partial charge in [0.2, 0.25) is 5.91 Å². The Morgan fingerprint density at radius 3 is 2.30 bits per heavy atom. The van der Waals surface area contributed by atoms with Crippen LogP contribution in [0.3, 0.4) is 0 Å². The van der Waals surface area contributed by atoms with Crippen molar-refractivity contribution in [3.8, 4) is 6.07 Å². The van der Waals surface area contributed by atoms with Crippen molar-refractivity contribution in [2.45, 2.75) is 20.3 Å². The Labute approximate surface area is 60.8 Å². The van der Waals surface area contributed by atoms with E-state index in [0.717, 1.165) is 0 Å². The number of nitrogens with zero attached hydrogens (tertiary/aromatic N) is 1. The van der Waals surface area contributed by atoms with Gasteiger partial charge in [-0.2, -0.15) is 5.26 Å². The number of nitriles is 1. The van der Waals surface area contributed by atoms with Crippen LogP contribution in [0, 0.1) is 23.2 Å². The maximum Gasteiger partial charge on any atom is 0.234 e. The summed E-state index contributed by atoms with van der Waals surface area (Å²) in [5.74, 6) is -0.784. The molecule has 0 aliphatic heterocycles. The summed E-state index contributed by atoms with van der Waals surface area (Å²) in [6.07, 6.45) is 0.561. The third-order valence-corrected chi connectivity index (χ3v) is 1.21. The average Bonchev–Trinajstić information content (AvgIpc) is 1.81. The molecule has 2 N–H and O–H groups in total. The van der Waals surface area contributed by atoms with Crippen LogP contribution in [0.2, 0.25) is 0 Å². The molecule has 0 saturated heterocycles. The van der Waals surface area contributed by atoms with Crippen LogP contribution in [0.25, 0.3) is 0 Å². The molecular formula is C7H12N2O. The van der Waals surface area contributed by atoms with Crippen LogP contribution in [-0.4, -0.2) is 5.91 Å². The molecule has 0 spiro atoms. The van der Waals surface area contributed by atoms with Crippen LogP contribution < -0.4 is 5.73 Å². The lowest BCUT2D eigenvalue weighted by Crippen LogP contribution is -2.23. The molecule has 0 aliphatic carbocycles. The van der Waals surface area contributed by atoms with Crippen molar-refractivity contribution in [1.29, 1.82) is 5.26 Å². The Kier molecular flexibility index (Phi) is 3.48. The fourth-order valence-electron chi connectivity index (χ4n) is 0.704. The number of hydrogen-bond donors (Lipinski definition) is 1. The molecular weight excluding hydrogens is 128 g/mol. The summed E-state index contributed by atoms with van der Waals surface area (Å²) in [7, 11) is 0. The fraction of sp³-hybridized carbons (Fsp3) is 0.714. The summed E-state index contributed by atoms with van der Waals surface area (Å²) in [6, 6.07) is 1.86. The van der Waals surface area contributed by atoms with Crippen LogP contribution in [-0.2, 0) is 4.79 Å². The first-order valence-electron chi connectivity index (χ1n) is 3.26. The minimum absolute atomic E-state index is 0.345. The van der Waals surface area contributed by atoms with E-state index in [1.165, 1.54) is 0 Å². The lowest BCUT2D eigenvalue weighted by molar-refractivity contribution is -0.120. The Bertz CT molecular complexity index is 157. The number of carbonyl (C=O) groups excluding carboxylic acids is 1. The van der Waals surface area contributed by atoms with Gasteiger partial charge in [-0.3, -0.25) is 4.79 Å². The largest absolute Gasteiger partial charge is 0.369 e. The van der Waals surface area contributed by atoms with E-state index in [1.807, 2.05) is 19.9 Å². The lowest BCUT2D eigenvalue weighted by atomic mass is 9.98. The third-order valence-electron chi connectivity index (χ3n) is 1.21. The summed E-state index contributed by atoms with van der Waals surface area (Å²) in [5, 5.41) is 8.39. The van der Waals surface area contributed by atoms with Crippen molar-refractivity contribution in [2.75, 3.05) is 0 Å². The molecule has 1 amide bonds. The van der Waals surface area contributed by atoms with Crippen LogP contribution in [0.15, 0.2) is 0 Å². The Morgan fingerprint density at radius 1 is 1.70 bits per heavy atom. The normalized spacial score (nSPS) is 12.6. The van der Waals surface area contributed by atoms with Gasteiger partial charge in [0.15, 0.2) is 0 Å². The van der Waals surface area contributed by atoms with Gasteiger partial charge >= 0.3 is 0 Å². The predicted octanol–water partition coefficient (Wildman–Crippen LogP) is 0.658. The van der Waals surface area contributed by atoms with Crippen LogP contribution in [0.1, 0.15) is 20.3 Å². The molecule has 0 fully saturated rings. The molecule has 1 atom stereocenters. The van der Waals surface area contributed by atoms with E-state index in [2.05, 4.69) is 0 Å². The van der Waals surface area contributed by atoms with Crippen molar-refractivity contribution < 1.29 is 4.79 Å². The molecule has 0 aromatic carbocycles. The highest BCUT2D eigenvalue weighted by Gasteiger charge is 2.14. The van der Waals surface area contributed by atoms with Gasteiger partial charge in [0.1, 0.15) is 5.92 Å².